The Hall–Kier alpha value is -4.16. The van der Waals surface area contributed by atoms with Gasteiger partial charge in [-0.2, -0.15) is 5.26 Å². The molecule has 2 aromatic carbocycles. The van der Waals surface area contributed by atoms with E-state index in [9.17, 15) is 15.0 Å². The quantitative estimate of drug-likeness (QED) is 0.425. The summed E-state index contributed by atoms with van der Waals surface area (Å²) in [5.74, 6) is -0.288. The molecule has 0 saturated heterocycles. The Morgan fingerprint density at radius 1 is 0.938 bits per heavy atom. The molecule has 5 rings (SSSR count). The maximum atomic E-state index is 10.9. The van der Waals surface area contributed by atoms with Crippen LogP contribution in [0.15, 0.2) is 65.7 Å². The van der Waals surface area contributed by atoms with E-state index in [0.29, 0.717) is 33.2 Å². The monoisotopic (exact) mass is 444 g/mol. The van der Waals surface area contributed by atoms with E-state index in [1.54, 1.807) is 42.5 Å². The number of rotatable bonds is 2. The van der Waals surface area contributed by atoms with E-state index in [2.05, 4.69) is 15.0 Å². The zero-order valence-electron chi connectivity index (χ0n) is 16.5. The van der Waals surface area contributed by atoms with Crippen LogP contribution in [-0.2, 0) is 4.79 Å². The predicted molar refractivity (Wildman–Crippen MR) is 122 cm³/mol. The van der Waals surface area contributed by atoms with Gasteiger partial charge < -0.3 is 15.3 Å². The molecule has 0 unspecified atom stereocenters. The number of aliphatic imine (C=N–C) groups is 1. The first-order valence-corrected chi connectivity index (χ1v) is 10.5. The number of benzene rings is 2. The summed E-state index contributed by atoms with van der Waals surface area (Å²) in [7, 11) is 0. The summed E-state index contributed by atoms with van der Waals surface area (Å²) in [6.45, 7) is 0. The molecule has 0 spiro atoms. The van der Waals surface area contributed by atoms with E-state index in [-0.39, 0.29) is 11.5 Å². The van der Waals surface area contributed by atoms with E-state index < -0.39 is 12.0 Å². The second-order valence-corrected chi connectivity index (χ2v) is 7.81. The number of carboxylic acids is 1. The molecule has 0 radical (unpaired) electrons. The van der Waals surface area contributed by atoms with Crippen molar-refractivity contribution >= 4 is 44.6 Å². The molecule has 1 aliphatic rings. The summed E-state index contributed by atoms with van der Waals surface area (Å²) < 4.78 is 0. The Balaban J connectivity index is 0.000000165. The fourth-order valence-corrected chi connectivity index (χ4v) is 4.08. The molecule has 0 fully saturated rings. The van der Waals surface area contributed by atoms with Crippen molar-refractivity contribution in [3.8, 4) is 17.6 Å². The Kier molecular flexibility index (Phi) is 5.87. The third kappa shape index (κ3) is 4.31. The van der Waals surface area contributed by atoms with Gasteiger partial charge in [-0.3, -0.25) is 4.99 Å². The number of pyridine rings is 2. The number of carboxylic acid groups (broad SMARTS) is 1. The first-order chi connectivity index (χ1) is 15.5. The molecule has 1 atom stereocenters. The molecule has 4 aromatic rings. The van der Waals surface area contributed by atoms with Gasteiger partial charge in [0.05, 0.1) is 5.69 Å². The Bertz CT molecular complexity index is 1410. The number of nitrogens with zero attached hydrogens (tertiary/aromatic N) is 4. The zero-order chi connectivity index (χ0) is 22.7. The number of aliphatic carboxylic acids is 1. The second kappa shape index (κ2) is 8.91. The lowest BCUT2D eigenvalue weighted by atomic mass is 10.2. The third-order valence-corrected chi connectivity index (χ3v) is 5.74. The van der Waals surface area contributed by atoms with Gasteiger partial charge in [-0.05, 0) is 30.3 Å². The van der Waals surface area contributed by atoms with Crippen LogP contribution in [0.5, 0.6) is 11.5 Å². The number of phenols is 2. The van der Waals surface area contributed by atoms with Crippen molar-refractivity contribution in [1.29, 1.82) is 5.26 Å². The van der Waals surface area contributed by atoms with Crippen LogP contribution in [0.1, 0.15) is 11.4 Å². The average molecular weight is 444 g/mol. The number of aromatic hydroxyl groups is 2. The number of nitriles is 1. The number of thioether (sulfide) groups is 1. The summed E-state index contributed by atoms with van der Waals surface area (Å²) in [5, 5.41) is 39.0. The van der Waals surface area contributed by atoms with Crippen molar-refractivity contribution in [2.24, 2.45) is 4.99 Å². The minimum absolute atomic E-state index is 0.106. The van der Waals surface area contributed by atoms with E-state index in [0.717, 1.165) is 10.8 Å². The number of phenolic OH excluding ortho intramolecular Hbond substituents is 2. The maximum Gasteiger partial charge on any atom is 0.329 e. The molecule has 158 valence electrons. The molecule has 1 aliphatic heterocycles. The van der Waals surface area contributed by atoms with Gasteiger partial charge in [0.2, 0.25) is 0 Å². The van der Waals surface area contributed by atoms with Crippen LogP contribution in [-0.4, -0.2) is 48.1 Å². The number of hydrogen-bond donors (Lipinski definition) is 3. The molecular formula is C23H16N4O4S. The lowest BCUT2D eigenvalue weighted by Crippen LogP contribution is -2.17. The fourth-order valence-electron chi connectivity index (χ4n) is 3.08. The van der Waals surface area contributed by atoms with Crippen molar-refractivity contribution in [2.75, 3.05) is 5.75 Å². The SMILES string of the molecule is N#Cc1ccc2cccc(O)c2n1.O=C(O)[C@H]1CSC(c2ccc3cccc(O)c3n2)=N1. The van der Waals surface area contributed by atoms with Gasteiger partial charge in [0.25, 0.3) is 0 Å². The van der Waals surface area contributed by atoms with Gasteiger partial charge in [0.15, 0.2) is 6.04 Å². The smallest absolute Gasteiger partial charge is 0.329 e. The van der Waals surface area contributed by atoms with Crippen molar-refractivity contribution in [3.05, 3.63) is 72.1 Å². The molecule has 32 heavy (non-hydrogen) atoms. The lowest BCUT2D eigenvalue weighted by Gasteiger charge is -2.03. The number of carbonyl (C=O) groups is 1. The molecule has 3 N–H and O–H groups in total. The van der Waals surface area contributed by atoms with Gasteiger partial charge in [-0.25, -0.2) is 14.8 Å². The minimum Gasteiger partial charge on any atom is -0.506 e. The number of aromatic nitrogens is 2. The van der Waals surface area contributed by atoms with Gasteiger partial charge in [-0.1, -0.05) is 30.3 Å². The van der Waals surface area contributed by atoms with Crippen molar-refractivity contribution in [1.82, 2.24) is 9.97 Å². The summed E-state index contributed by atoms with van der Waals surface area (Å²) >= 11 is 1.37. The highest BCUT2D eigenvalue weighted by Crippen LogP contribution is 2.27. The summed E-state index contributed by atoms with van der Waals surface area (Å²) in [6.07, 6.45) is 0. The van der Waals surface area contributed by atoms with Crippen molar-refractivity contribution < 1.29 is 20.1 Å². The second-order valence-electron chi connectivity index (χ2n) is 6.80. The fraction of sp³-hybridized carbons (Fsp3) is 0.0870. The largest absolute Gasteiger partial charge is 0.506 e. The molecule has 0 aliphatic carbocycles. The van der Waals surface area contributed by atoms with E-state index in [1.165, 1.54) is 11.8 Å². The number of fused-ring (bicyclic) bond motifs is 2. The molecule has 9 heteroatoms. The number of hydrogen-bond acceptors (Lipinski definition) is 8. The first-order valence-electron chi connectivity index (χ1n) is 9.47. The highest BCUT2D eigenvalue weighted by molar-refractivity contribution is 8.14. The highest BCUT2D eigenvalue weighted by Gasteiger charge is 2.25. The van der Waals surface area contributed by atoms with Crippen molar-refractivity contribution in [2.45, 2.75) is 6.04 Å². The standard InChI is InChI=1S/C13H10N2O3S.C10H6N2O/c16-10-3-1-2-7-4-5-8(14-11(7)10)12-15-9(6-19-12)13(17)18;11-6-8-5-4-7-2-1-3-9(13)10(7)12-8/h1-5,9,16H,6H2,(H,17,18);1-5,13H/t9-;/m1./s1. The van der Waals surface area contributed by atoms with E-state index >= 15 is 0 Å². The van der Waals surface area contributed by atoms with Crippen LogP contribution >= 0.6 is 11.8 Å². The maximum absolute atomic E-state index is 10.9. The predicted octanol–water partition coefficient (Wildman–Crippen LogP) is 3.70. The van der Waals surface area contributed by atoms with Crippen molar-refractivity contribution in [3.63, 3.8) is 0 Å². The number of para-hydroxylation sites is 2. The van der Waals surface area contributed by atoms with Crippen LogP contribution in [0.3, 0.4) is 0 Å². The van der Waals surface area contributed by atoms with Crippen LogP contribution in [0.25, 0.3) is 21.8 Å². The van der Waals surface area contributed by atoms with Crippen LogP contribution in [0.4, 0.5) is 0 Å². The molecule has 0 bridgehead atoms. The minimum atomic E-state index is -0.925. The highest BCUT2D eigenvalue weighted by atomic mass is 32.2. The summed E-state index contributed by atoms with van der Waals surface area (Å²) in [4.78, 5) is 23.3. The van der Waals surface area contributed by atoms with Gasteiger partial charge in [-0.15, -0.1) is 11.8 Å². The first kappa shape index (κ1) is 21.1. The lowest BCUT2D eigenvalue weighted by molar-refractivity contribution is -0.137. The molecule has 8 nitrogen and oxygen atoms in total. The molecular weight excluding hydrogens is 428 g/mol. The summed E-state index contributed by atoms with van der Waals surface area (Å²) in [5.41, 5.74) is 1.89. The van der Waals surface area contributed by atoms with E-state index in [4.69, 9.17) is 10.4 Å². The van der Waals surface area contributed by atoms with Gasteiger partial charge in [0.1, 0.15) is 39.3 Å². The van der Waals surface area contributed by atoms with E-state index in [1.807, 2.05) is 24.3 Å². The Labute approximate surface area is 186 Å². The Morgan fingerprint density at radius 2 is 1.56 bits per heavy atom. The third-order valence-electron chi connectivity index (χ3n) is 4.67. The molecule has 2 aromatic heterocycles. The van der Waals surface area contributed by atoms with Gasteiger partial charge in [0, 0.05) is 16.5 Å². The van der Waals surface area contributed by atoms with Crippen LogP contribution in [0, 0.1) is 11.3 Å². The van der Waals surface area contributed by atoms with Crippen LogP contribution in [0.2, 0.25) is 0 Å². The molecule has 3 heterocycles. The topological polar surface area (TPSA) is 140 Å². The normalized spacial score (nSPS) is 15.0. The van der Waals surface area contributed by atoms with Gasteiger partial charge >= 0.3 is 5.97 Å². The average Bonchev–Trinajstić information content (AvgIpc) is 3.31. The zero-order valence-corrected chi connectivity index (χ0v) is 17.3. The molecule has 0 saturated carbocycles. The Morgan fingerprint density at radius 3 is 2.16 bits per heavy atom. The summed E-state index contributed by atoms with van der Waals surface area (Å²) in [6, 6.07) is 18.6. The molecule has 0 amide bonds. The van der Waals surface area contributed by atoms with Crippen LogP contribution < -0.4 is 0 Å².